The number of thioether (sulfide) groups is 1. The van der Waals surface area contributed by atoms with Gasteiger partial charge in [0.1, 0.15) is 5.82 Å². The zero-order valence-electron chi connectivity index (χ0n) is 10.1. The Morgan fingerprint density at radius 3 is 2.37 bits per heavy atom. The van der Waals surface area contributed by atoms with Crippen molar-refractivity contribution in [1.82, 2.24) is 0 Å². The van der Waals surface area contributed by atoms with Gasteiger partial charge >= 0.3 is 0 Å². The molecule has 19 heavy (non-hydrogen) atoms. The Morgan fingerprint density at radius 2 is 1.74 bits per heavy atom. The van der Waals surface area contributed by atoms with E-state index in [9.17, 15) is 14.3 Å². The summed E-state index contributed by atoms with van der Waals surface area (Å²) >= 11 is 1.01. The molecule has 0 unspecified atom stereocenters. The topological polar surface area (TPSA) is 37.3 Å². The van der Waals surface area contributed by atoms with Gasteiger partial charge in [-0.25, -0.2) is 4.39 Å². The quantitative estimate of drug-likeness (QED) is 0.867. The number of aliphatic hydroxyl groups is 1. The van der Waals surface area contributed by atoms with Crippen molar-refractivity contribution in [1.29, 1.82) is 0 Å². The molecular formula is C15H13FO2S. The molecule has 0 fully saturated rings. The lowest BCUT2D eigenvalue weighted by atomic mass is 10.1. The van der Waals surface area contributed by atoms with Crippen LogP contribution >= 0.6 is 11.8 Å². The fourth-order valence-corrected chi connectivity index (χ4v) is 2.40. The number of carbonyl (C=O) groups is 1. The van der Waals surface area contributed by atoms with Gasteiger partial charge in [-0.15, -0.1) is 0 Å². The van der Waals surface area contributed by atoms with Crippen LogP contribution in [0.1, 0.15) is 18.1 Å². The van der Waals surface area contributed by atoms with Gasteiger partial charge < -0.3 is 5.11 Å². The lowest BCUT2D eigenvalue weighted by molar-refractivity contribution is -0.112. The summed E-state index contributed by atoms with van der Waals surface area (Å²) in [5.41, 5.74) is 0.718. The van der Waals surface area contributed by atoms with Crippen LogP contribution in [0.25, 0.3) is 0 Å². The van der Waals surface area contributed by atoms with Crippen molar-refractivity contribution < 1.29 is 14.3 Å². The summed E-state index contributed by atoms with van der Waals surface area (Å²) in [5.74, 6) is -0.332. The summed E-state index contributed by atoms with van der Waals surface area (Å²) in [5, 5.41) is 9.77. The first kappa shape index (κ1) is 13.8. The van der Waals surface area contributed by atoms with E-state index in [1.54, 1.807) is 24.3 Å². The molecule has 0 saturated carbocycles. The number of hydrogen-bond donors (Lipinski definition) is 1. The normalized spacial score (nSPS) is 12.1. The summed E-state index contributed by atoms with van der Waals surface area (Å²) in [6, 6.07) is 14.8. The number of benzene rings is 2. The van der Waals surface area contributed by atoms with Gasteiger partial charge in [0, 0.05) is 11.3 Å². The fraction of sp³-hybridized carbons (Fsp3) is 0.133. The third-order valence-electron chi connectivity index (χ3n) is 2.59. The lowest BCUT2D eigenvalue weighted by Crippen LogP contribution is -2.03. The molecule has 0 saturated heterocycles. The van der Waals surface area contributed by atoms with E-state index in [1.165, 1.54) is 12.1 Å². The average molecular weight is 276 g/mol. The van der Waals surface area contributed by atoms with Crippen LogP contribution < -0.4 is 0 Å². The fourth-order valence-electron chi connectivity index (χ4n) is 1.63. The number of carbonyl (C=O) groups excluding carboxylic acids is 1. The molecule has 0 aromatic heterocycles. The van der Waals surface area contributed by atoms with Gasteiger partial charge in [-0.1, -0.05) is 42.1 Å². The van der Waals surface area contributed by atoms with E-state index in [-0.39, 0.29) is 17.4 Å². The molecular weight excluding hydrogens is 263 g/mol. The highest BCUT2D eigenvalue weighted by Gasteiger charge is 2.13. The van der Waals surface area contributed by atoms with Crippen molar-refractivity contribution >= 4 is 16.9 Å². The van der Waals surface area contributed by atoms with E-state index in [0.717, 1.165) is 17.3 Å². The van der Waals surface area contributed by atoms with Crippen LogP contribution in [0.2, 0.25) is 0 Å². The molecule has 0 bridgehead atoms. The van der Waals surface area contributed by atoms with Gasteiger partial charge in [-0.2, -0.15) is 0 Å². The van der Waals surface area contributed by atoms with Gasteiger partial charge in [0.05, 0.1) is 6.10 Å². The molecule has 0 spiro atoms. The molecule has 2 nitrogen and oxygen atoms in total. The second-order valence-corrected chi connectivity index (χ2v) is 5.19. The van der Waals surface area contributed by atoms with Crippen LogP contribution in [-0.4, -0.2) is 10.2 Å². The maximum absolute atomic E-state index is 12.7. The first-order chi connectivity index (χ1) is 9.15. The van der Waals surface area contributed by atoms with E-state index >= 15 is 0 Å². The van der Waals surface area contributed by atoms with E-state index in [4.69, 9.17) is 0 Å². The highest BCUT2D eigenvalue weighted by molar-refractivity contribution is 8.13. The van der Waals surface area contributed by atoms with Crippen molar-refractivity contribution in [2.75, 3.05) is 0 Å². The molecule has 0 aliphatic carbocycles. The zero-order chi connectivity index (χ0) is 13.7. The molecule has 0 aliphatic rings. The third kappa shape index (κ3) is 4.19. The molecule has 98 valence electrons. The first-order valence-electron chi connectivity index (χ1n) is 5.84. The van der Waals surface area contributed by atoms with Crippen LogP contribution in [0.5, 0.6) is 0 Å². The van der Waals surface area contributed by atoms with Crippen molar-refractivity contribution in [3.05, 3.63) is 66.0 Å². The molecule has 0 aliphatic heterocycles. The summed E-state index contributed by atoms with van der Waals surface area (Å²) < 4.78 is 12.7. The standard InChI is InChI=1S/C15H13FO2S/c16-12-6-8-13(9-7-12)19-15(18)10-14(17)11-4-2-1-3-5-11/h1-9,14,17H,10H2/t14-/m1/s1. The highest BCUT2D eigenvalue weighted by atomic mass is 32.2. The molecule has 2 aromatic carbocycles. The lowest BCUT2D eigenvalue weighted by Gasteiger charge is -2.09. The Balaban J connectivity index is 1.93. The van der Waals surface area contributed by atoms with Crippen LogP contribution in [-0.2, 0) is 4.79 Å². The minimum absolute atomic E-state index is 0.0338. The largest absolute Gasteiger partial charge is 0.388 e. The highest BCUT2D eigenvalue weighted by Crippen LogP contribution is 2.25. The van der Waals surface area contributed by atoms with Crippen molar-refractivity contribution in [2.24, 2.45) is 0 Å². The van der Waals surface area contributed by atoms with Crippen molar-refractivity contribution in [3.63, 3.8) is 0 Å². The van der Waals surface area contributed by atoms with E-state index in [1.807, 2.05) is 18.2 Å². The molecule has 2 aromatic rings. The summed E-state index contributed by atoms with van der Waals surface area (Å²) in [7, 11) is 0. The Hall–Kier alpha value is -1.65. The minimum atomic E-state index is -0.804. The Kier molecular flexibility index (Phi) is 4.71. The Morgan fingerprint density at radius 1 is 1.11 bits per heavy atom. The smallest absolute Gasteiger partial charge is 0.196 e. The molecule has 4 heteroatoms. The van der Waals surface area contributed by atoms with E-state index < -0.39 is 6.10 Å². The Bertz CT molecular complexity index is 540. The second-order valence-electron chi connectivity index (χ2n) is 4.06. The van der Waals surface area contributed by atoms with Gasteiger partial charge in [-0.05, 0) is 29.8 Å². The van der Waals surface area contributed by atoms with Crippen molar-refractivity contribution in [3.8, 4) is 0 Å². The second kappa shape index (κ2) is 6.50. The van der Waals surface area contributed by atoms with Gasteiger partial charge in [0.2, 0.25) is 0 Å². The third-order valence-corrected chi connectivity index (χ3v) is 3.49. The van der Waals surface area contributed by atoms with Gasteiger partial charge in [0.15, 0.2) is 5.12 Å². The summed E-state index contributed by atoms with van der Waals surface area (Å²) in [4.78, 5) is 12.5. The zero-order valence-corrected chi connectivity index (χ0v) is 10.9. The summed E-state index contributed by atoms with van der Waals surface area (Å²) in [6.45, 7) is 0. The SMILES string of the molecule is O=C(C[C@@H](O)c1ccccc1)Sc1ccc(F)cc1. The predicted octanol–water partition coefficient (Wildman–Crippen LogP) is 3.57. The monoisotopic (exact) mass is 276 g/mol. The molecule has 0 amide bonds. The molecule has 0 heterocycles. The van der Waals surface area contributed by atoms with Crippen molar-refractivity contribution in [2.45, 2.75) is 17.4 Å². The maximum Gasteiger partial charge on any atom is 0.196 e. The number of halogens is 1. The van der Waals surface area contributed by atoms with Gasteiger partial charge in [-0.3, -0.25) is 4.79 Å². The Labute approximate surface area is 115 Å². The minimum Gasteiger partial charge on any atom is -0.388 e. The van der Waals surface area contributed by atoms with Crippen LogP contribution in [0.3, 0.4) is 0 Å². The van der Waals surface area contributed by atoms with Crippen LogP contribution in [0, 0.1) is 5.82 Å². The first-order valence-corrected chi connectivity index (χ1v) is 6.66. The average Bonchev–Trinajstić information content (AvgIpc) is 2.42. The predicted molar refractivity (Wildman–Crippen MR) is 73.3 cm³/mol. The van der Waals surface area contributed by atoms with E-state index in [2.05, 4.69) is 0 Å². The summed E-state index contributed by atoms with van der Waals surface area (Å²) in [6.07, 6.45) is -0.770. The number of rotatable bonds is 4. The molecule has 2 rings (SSSR count). The molecule has 1 atom stereocenters. The van der Waals surface area contributed by atoms with E-state index in [0.29, 0.717) is 4.90 Å². The maximum atomic E-state index is 12.7. The van der Waals surface area contributed by atoms with Crippen LogP contribution in [0.15, 0.2) is 59.5 Å². The number of aliphatic hydroxyl groups excluding tert-OH is 1. The van der Waals surface area contributed by atoms with Gasteiger partial charge in [0.25, 0.3) is 0 Å². The van der Waals surface area contributed by atoms with Crippen LogP contribution in [0.4, 0.5) is 4.39 Å². The molecule has 0 radical (unpaired) electrons. The number of hydrogen-bond acceptors (Lipinski definition) is 3. The molecule has 1 N–H and O–H groups in total.